The lowest BCUT2D eigenvalue weighted by Crippen LogP contribution is -2.46. The predicted octanol–water partition coefficient (Wildman–Crippen LogP) is 3.80. The molecule has 0 N–H and O–H groups in total. The summed E-state index contributed by atoms with van der Waals surface area (Å²) in [6, 6.07) is 7.96. The molecular weight excluding hydrogens is 372 g/mol. The molecule has 0 saturated carbocycles. The van der Waals surface area contributed by atoms with Gasteiger partial charge in [-0.2, -0.15) is 0 Å². The van der Waals surface area contributed by atoms with Crippen molar-refractivity contribution in [2.45, 2.75) is 20.3 Å². The van der Waals surface area contributed by atoms with Crippen LogP contribution in [-0.2, 0) is 4.79 Å². The number of carbonyl (C=O) groups excluding carboxylic acids is 1. The van der Waals surface area contributed by atoms with Gasteiger partial charge in [-0.15, -0.1) is 0 Å². The Morgan fingerprint density at radius 1 is 1.10 bits per heavy atom. The van der Waals surface area contributed by atoms with Crippen LogP contribution in [0, 0.1) is 6.92 Å². The van der Waals surface area contributed by atoms with Crippen molar-refractivity contribution in [3.63, 3.8) is 0 Å². The summed E-state index contributed by atoms with van der Waals surface area (Å²) in [5.41, 5.74) is 5.54. The number of rotatable bonds is 2. The van der Waals surface area contributed by atoms with Crippen LogP contribution >= 0.6 is 0 Å². The van der Waals surface area contributed by atoms with Crippen molar-refractivity contribution in [2.24, 2.45) is 9.98 Å². The molecule has 30 heavy (non-hydrogen) atoms. The molecule has 154 valence electrons. The van der Waals surface area contributed by atoms with Crippen molar-refractivity contribution in [1.82, 2.24) is 9.80 Å². The zero-order chi connectivity index (χ0) is 21.3. The van der Waals surface area contributed by atoms with Gasteiger partial charge in [0.2, 0.25) is 5.96 Å². The number of benzene rings is 1. The van der Waals surface area contributed by atoms with Gasteiger partial charge in [-0.05, 0) is 37.6 Å². The maximum Gasteiger partial charge on any atom is 0.226 e. The highest BCUT2D eigenvalue weighted by Crippen LogP contribution is 2.36. The van der Waals surface area contributed by atoms with E-state index < -0.39 is 0 Å². The second-order valence-corrected chi connectivity index (χ2v) is 8.00. The second kappa shape index (κ2) is 8.36. The number of piperazine rings is 1. The van der Waals surface area contributed by atoms with Gasteiger partial charge in [0.25, 0.3) is 0 Å². The molecular formula is C25H28N4O. The van der Waals surface area contributed by atoms with Gasteiger partial charge < -0.3 is 9.80 Å². The summed E-state index contributed by atoms with van der Waals surface area (Å²) in [4.78, 5) is 27.9. The number of nitrogens with zero attached hydrogens (tertiary/aromatic N) is 4. The van der Waals surface area contributed by atoms with Gasteiger partial charge in [-0.25, -0.2) is 9.98 Å². The maximum absolute atomic E-state index is 13.6. The molecule has 0 amide bonds. The number of aliphatic imine (C=N–C) groups is 2. The Morgan fingerprint density at radius 3 is 2.53 bits per heavy atom. The van der Waals surface area contributed by atoms with Crippen LogP contribution in [0.2, 0.25) is 0 Å². The van der Waals surface area contributed by atoms with Gasteiger partial charge in [0.15, 0.2) is 5.78 Å². The molecule has 1 aliphatic carbocycles. The molecule has 0 unspecified atom stereocenters. The normalized spacial score (nSPS) is 22.0. The minimum Gasteiger partial charge on any atom is -0.338 e. The first kappa shape index (κ1) is 20.2. The molecule has 4 rings (SSSR count). The molecule has 0 aromatic heterocycles. The molecule has 0 spiro atoms. The van der Waals surface area contributed by atoms with E-state index in [0.29, 0.717) is 23.3 Å². The average molecular weight is 401 g/mol. The Labute approximate surface area is 178 Å². The zero-order valence-electron chi connectivity index (χ0n) is 18.0. The van der Waals surface area contributed by atoms with Crippen LogP contribution in [0.4, 0.5) is 0 Å². The average Bonchev–Trinajstić information content (AvgIpc) is 3.12. The molecule has 3 aliphatic rings. The number of guanidine groups is 1. The summed E-state index contributed by atoms with van der Waals surface area (Å²) < 4.78 is 0. The van der Waals surface area contributed by atoms with E-state index >= 15 is 0 Å². The van der Waals surface area contributed by atoms with Gasteiger partial charge in [-0.1, -0.05) is 49.1 Å². The lowest BCUT2D eigenvalue weighted by molar-refractivity contribution is -0.110. The number of ketones is 1. The van der Waals surface area contributed by atoms with E-state index in [1.54, 1.807) is 0 Å². The molecule has 0 radical (unpaired) electrons. The molecule has 5 heteroatoms. The third-order valence-electron chi connectivity index (χ3n) is 5.89. The topological polar surface area (TPSA) is 48.3 Å². The van der Waals surface area contributed by atoms with E-state index in [0.717, 1.165) is 54.6 Å². The quantitative estimate of drug-likeness (QED) is 0.710. The monoisotopic (exact) mass is 400 g/mol. The smallest absolute Gasteiger partial charge is 0.226 e. The number of hydrogen-bond acceptors (Lipinski definition) is 5. The summed E-state index contributed by atoms with van der Waals surface area (Å²) >= 11 is 0. The molecule has 0 bridgehead atoms. The largest absolute Gasteiger partial charge is 0.338 e. The molecule has 2 heterocycles. The molecule has 1 saturated heterocycles. The number of hydrogen-bond donors (Lipinski definition) is 0. The number of likely N-dealkylation sites (N-methyl/N-ethyl adjacent to an activating group) is 1. The van der Waals surface area contributed by atoms with E-state index in [9.17, 15) is 4.79 Å². The van der Waals surface area contributed by atoms with Gasteiger partial charge >= 0.3 is 0 Å². The van der Waals surface area contributed by atoms with Crippen molar-refractivity contribution < 1.29 is 4.79 Å². The molecule has 1 fully saturated rings. The van der Waals surface area contributed by atoms with Crippen molar-refractivity contribution in [1.29, 1.82) is 0 Å². The van der Waals surface area contributed by atoms with Crippen molar-refractivity contribution in [3.05, 3.63) is 77.0 Å². The third kappa shape index (κ3) is 3.73. The number of allylic oxidation sites excluding steroid dienone is 7. The highest BCUT2D eigenvalue weighted by atomic mass is 16.1. The third-order valence-corrected chi connectivity index (χ3v) is 5.89. The first-order chi connectivity index (χ1) is 14.5. The van der Waals surface area contributed by atoms with Gasteiger partial charge in [-0.3, -0.25) is 4.79 Å². The van der Waals surface area contributed by atoms with Crippen LogP contribution in [0.15, 0.2) is 75.9 Å². The fourth-order valence-electron chi connectivity index (χ4n) is 4.00. The van der Waals surface area contributed by atoms with Crippen LogP contribution in [0.25, 0.3) is 5.57 Å². The maximum atomic E-state index is 13.6. The standard InChI is InChI=1S/C25H28N4O/c1-5-6-10-19-16-21-23(27-25(26-21)29-14-12-28(4)13-15-29)22(24(30)18(19)3)20-11-8-7-9-17(20)2/h5-11H,3,12-16H2,1-2,4H3/b6-5-,19-10-. The summed E-state index contributed by atoms with van der Waals surface area (Å²) in [7, 11) is 2.13. The van der Waals surface area contributed by atoms with Crippen LogP contribution in [-0.4, -0.2) is 60.5 Å². The van der Waals surface area contributed by atoms with Gasteiger partial charge in [0.1, 0.15) is 5.70 Å². The lowest BCUT2D eigenvalue weighted by atomic mass is 9.92. The van der Waals surface area contributed by atoms with Gasteiger partial charge in [0, 0.05) is 38.2 Å². The SMILES string of the molecule is C=C1C(=O)C(c2ccccc2C)=C2N=C(N3CCN(C)CC3)N=C2C/C1=C/C=C\C. The van der Waals surface area contributed by atoms with Crippen LogP contribution in [0.5, 0.6) is 0 Å². The fraction of sp³-hybridized carbons (Fsp3) is 0.320. The van der Waals surface area contributed by atoms with Crippen LogP contribution in [0.3, 0.4) is 0 Å². The minimum absolute atomic E-state index is 0.0661. The highest BCUT2D eigenvalue weighted by molar-refractivity contribution is 6.38. The van der Waals surface area contributed by atoms with Crippen LogP contribution in [0.1, 0.15) is 24.5 Å². The fourth-order valence-corrected chi connectivity index (χ4v) is 4.00. The van der Waals surface area contributed by atoms with E-state index in [1.165, 1.54) is 0 Å². The predicted molar refractivity (Wildman–Crippen MR) is 124 cm³/mol. The van der Waals surface area contributed by atoms with E-state index in [2.05, 4.69) is 23.4 Å². The summed E-state index contributed by atoms with van der Waals surface area (Å²) in [5.74, 6) is 0.661. The Morgan fingerprint density at radius 2 is 1.83 bits per heavy atom. The lowest BCUT2D eigenvalue weighted by Gasteiger charge is -2.32. The summed E-state index contributed by atoms with van der Waals surface area (Å²) in [5, 5.41) is 0. The number of fused-ring (bicyclic) bond motifs is 1. The molecule has 1 aromatic rings. The van der Waals surface area contributed by atoms with Crippen molar-refractivity contribution in [3.8, 4) is 0 Å². The van der Waals surface area contributed by atoms with E-state index in [4.69, 9.17) is 9.98 Å². The summed E-state index contributed by atoms with van der Waals surface area (Å²) in [6.45, 7) is 11.9. The van der Waals surface area contributed by atoms with Crippen LogP contribution < -0.4 is 0 Å². The molecule has 1 aromatic carbocycles. The van der Waals surface area contributed by atoms with Gasteiger partial charge in [0.05, 0.1) is 11.3 Å². The van der Waals surface area contributed by atoms with Crippen molar-refractivity contribution >= 4 is 23.0 Å². The number of aryl methyl sites for hydroxylation is 1. The molecule has 0 atom stereocenters. The summed E-state index contributed by atoms with van der Waals surface area (Å²) in [6.07, 6.45) is 6.42. The molecule has 2 aliphatic heterocycles. The first-order valence-electron chi connectivity index (χ1n) is 10.5. The van der Waals surface area contributed by atoms with E-state index in [-0.39, 0.29) is 5.78 Å². The highest BCUT2D eigenvalue weighted by Gasteiger charge is 2.34. The second-order valence-electron chi connectivity index (χ2n) is 8.00. The number of Topliss-reactive ketones (excluding diaryl/α,β-unsaturated/α-hetero) is 1. The Balaban J connectivity index is 1.86. The Hall–Kier alpha value is -3.05. The number of carbonyl (C=O) groups is 1. The van der Waals surface area contributed by atoms with E-state index in [1.807, 2.05) is 56.3 Å². The molecule has 5 nitrogen and oxygen atoms in total. The Bertz CT molecular complexity index is 1050. The van der Waals surface area contributed by atoms with Crippen molar-refractivity contribution in [2.75, 3.05) is 33.2 Å². The first-order valence-corrected chi connectivity index (χ1v) is 10.5. The zero-order valence-corrected chi connectivity index (χ0v) is 18.0. The minimum atomic E-state index is -0.0661. The Kier molecular flexibility index (Phi) is 5.64.